The molecule has 1 aliphatic carbocycles. The van der Waals surface area contributed by atoms with E-state index in [2.05, 4.69) is 41.9 Å². The Balaban J connectivity index is 1.53. The molecular weight excluding hydrogens is 298 g/mol. The lowest BCUT2D eigenvalue weighted by molar-refractivity contribution is 0.239. The maximum atomic E-state index is 12.3. The summed E-state index contributed by atoms with van der Waals surface area (Å²) in [4.78, 5) is 22.5. The van der Waals surface area contributed by atoms with Gasteiger partial charge in [0.1, 0.15) is 5.82 Å². The molecule has 24 heavy (non-hydrogen) atoms. The lowest BCUT2D eigenvalue weighted by Gasteiger charge is -2.28. The summed E-state index contributed by atoms with van der Waals surface area (Å²) in [6, 6.07) is 6.64. The van der Waals surface area contributed by atoms with E-state index in [4.69, 9.17) is 4.98 Å². The summed E-state index contributed by atoms with van der Waals surface area (Å²) < 4.78 is 0. The molecule has 0 bridgehead atoms. The topological polar surface area (TPSA) is 49.0 Å². The van der Waals surface area contributed by atoms with Gasteiger partial charge in [0.2, 0.25) is 0 Å². The first-order valence-corrected chi connectivity index (χ1v) is 8.98. The minimum atomic E-state index is 0.0850. The molecule has 126 valence electrons. The second-order valence-corrected chi connectivity index (χ2v) is 7.48. The Morgan fingerprint density at radius 1 is 1.29 bits per heavy atom. The summed E-state index contributed by atoms with van der Waals surface area (Å²) in [5, 5.41) is 0. The number of rotatable bonds is 4. The van der Waals surface area contributed by atoms with E-state index in [1.54, 1.807) is 0 Å². The van der Waals surface area contributed by atoms with Gasteiger partial charge < -0.3 is 4.98 Å². The van der Waals surface area contributed by atoms with Crippen LogP contribution in [0.3, 0.4) is 0 Å². The van der Waals surface area contributed by atoms with Gasteiger partial charge in [-0.2, -0.15) is 0 Å². The van der Waals surface area contributed by atoms with Crippen LogP contribution in [0.2, 0.25) is 0 Å². The van der Waals surface area contributed by atoms with Crippen molar-refractivity contribution in [2.45, 2.75) is 52.6 Å². The van der Waals surface area contributed by atoms with Crippen molar-refractivity contribution in [3.63, 3.8) is 0 Å². The largest absolute Gasteiger partial charge is 0.310 e. The van der Waals surface area contributed by atoms with Crippen molar-refractivity contribution < 1.29 is 0 Å². The number of hydrogen-bond acceptors (Lipinski definition) is 3. The van der Waals surface area contributed by atoms with Gasteiger partial charge in [0, 0.05) is 31.6 Å². The fourth-order valence-electron chi connectivity index (χ4n) is 3.64. The molecule has 1 aliphatic heterocycles. The molecule has 4 heteroatoms. The third kappa shape index (κ3) is 3.29. The number of fused-ring (bicyclic) bond motifs is 1. The van der Waals surface area contributed by atoms with E-state index in [-0.39, 0.29) is 5.56 Å². The smallest absolute Gasteiger partial charge is 0.254 e. The molecule has 2 heterocycles. The molecule has 4 rings (SSSR count). The first kappa shape index (κ1) is 15.6. The number of hydrogen-bond donors (Lipinski definition) is 1. The number of nitrogens with one attached hydrogen (secondary N) is 1. The Kier molecular flexibility index (Phi) is 4.01. The zero-order chi connectivity index (χ0) is 16.7. The van der Waals surface area contributed by atoms with Gasteiger partial charge >= 0.3 is 0 Å². The average molecular weight is 323 g/mol. The van der Waals surface area contributed by atoms with Crippen LogP contribution in [0.25, 0.3) is 0 Å². The van der Waals surface area contributed by atoms with Gasteiger partial charge in [-0.1, -0.05) is 23.8 Å². The molecule has 0 radical (unpaired) electrons. The Labute approximate surface area is 142 Å². The molecule has 0 spiro atoms. The lowest BCUT2D eigenvalue weighted by Crippen LogP contribution is -2.35. The monoisotopic (exact) mass is 323 g/mol. The molecule has 4 nitrogen and oxygen atoms in total. The number of aromatic nitrogens is 2. The molecule has 0 atom stereocenters. The fraction of sp³-hybridized carbons (Fsp3) is 0.500. The zero-order valence-electron chi connectivity index (χ0n) is 14.6. The van der Waals surface area contributed by atoms with Gasteiger partial charge in [-0.25, -0.2) is 4.98 Å². The Hall–Kier alpha value is -1.94. The van der Waals surface area contributed by atoms with E-state index in [9.17, 15) is 4.79 Å². The number of H-pyrrole nitrogens is 1. The molecule has 0 unspecified atom stereocenters. The van der Waals surface area contributed by atoms with Crippen LogP contribution in [0, 0.1) is 19.8 Å². The van der Waals surface area contributed by atoms with E-state index in [1.807, 2.05) is 0 Å². The SMILES string of the molecule is Cc1ccc(CN2CCc3c(nc(CC4CC4)[nH]c3=O)C2)c(C)c1. The van der Waals surface area contributed by atoms with Crippen LogP contribution in [0.4, 0.5) is 0 Å². The van der Waals surface area contributed by atoms with Crippen molar-refractivity contribution in [2.75, 3.05) is 6.54 Å². The van der Waals surface area contributed by atoms with Gasteiger partial charge in [0.15, 0.2) is 0 Å². The van der Waals surface area contributed by atoms with Crippen LogP contribution < -0.4 is 5.56 Å². The predicted octanol–water partition coefficient (Wildman–Crippen LogP) is 2.90. The van der Waals surface area contributed by atoms with Crippen molar-refractivity contribution in [2.24, 2.45) is 5.92 Å². The highest BCUT2D eigenvalue weighted by atomic mass is 16.1. The molecule has 1 N–H and O–H groups in total. The van der Waals surface area contributed by atoms with Crippen LogP contribution in [0.1, 0.15) is 46.6 Å². The molecule has 2 aromatic rings. The second kappa shape index (κ2) is 6.17. The summed E-state index contributed by atoms with van der Waals surface area (Å²) in [6.45, 7) is 6.94. The molecule has 1 aromatic carbocycles. The highest BCUT2D eigenvalue weighted by Crippen LogP contribution is 2.31. The van der Waals surface area contributed by atoms with Gasteiger partial charge in [0.05, 0.1) is 5.69 Å². The molecule has 1 aromatic heterocycles. The minimum Gasteiger partial charge on any atom is -0.310 e. The molecule has 1 saturated carbocycles. The van der Waals surface area contributed by atoms with E-state index in [0.29, 0.717) is 0 Å². The van der Waals surface area contributed by atoms with Crippen LogP contribution in [0.15, 0.2) is 23.0 Å². The minimum absolute atomic E-state index is 0.0850. The third-order valence-electron chi connectivity index (χ3n) is 5.27. The first-order chi connectivity index (χ1) is 11.6. The summed E-state index contributed by atoms with van der Waals surface area (Å²) >= 11 is 0. The van der Waals surface area contributed by atoms with Crippen LogP contribution in [-0.4, -0.2) is 21.4 Å². The quantitative estimate of drug-likeness (QED) is 0.941. The Bertz CT molecular complexity index is 820. The Morgan fingerprint density at radius 3 is 2.88 bits per heavy atom. The summed E-state index contributed by atoms with van der Waals surface area (Å²) in [5.74, 6) is 1.62. The zero-order valence-corrected chi connectivity index (χ0v) is 14.6. The third-order valence-corrected chi connectivity index (χ3v) is 5.27. The standard InChI is InChI=1S/C20H25N3O/c1-13-3-6-16(14(2)9-13)11-23-8-7-17-18(12-23)21-19(22-20(17)24)10-15-4-5-15/h3,6,9,15H,4-5,7-8,10-12H2,1-2H3,(H,21,22,24). The number of nitrogens with zero attached hydrogens (tertiary/aromatic N) is 2. The van der Waals surface area contributed by atoms with Crippen molar-refractivity contribution in [1.82, 2.24) is 14.9 Å². The van der Waals surface area contributed by atoms with Crippen molar-refractivity contribution in [3.8, 4) is 0 Å². The summed E-state index contributed by atoms with van der Waals surface area (Å²) in [5.41, 5.74) is 5.98. The maximum absolute atomic E-state index is 12.3. The van der Waals surface area contributed by atoms with E-state index in [0.717, 1.165) is 55.5 Å². The highest BCUT2D eigenvalue weighted by Gasteiger charge is 2.25. The normalized spacial score (nSPS) is 17.8. The molecule has 0 saturated heterocycles. The lowest BCUT2D eigenvalue weighted by atomic mass is 10.0. The number of aromatic amines is 1. The van der Waals surface area contributed by atoms with Gasteiger partial charge in [-0.15, -0.1) is 0 Å². The Morgan fingerprint density at radius 2 is 2.12 bits per heavy atom. The van der Waals surface area contributed by atoms with Crippen LogP contribution in [0.5, 0.6) is 0 Å². The van der Waals surface area contributed by atoms with E-state index in [1.165, 1.54) is 29.5 Å². The second-order valence-electron chi connectivity index (χ2n) is 7.48. The molecular formula is C20H25N3O. The fourth-order valence-corrected chi connectivity index (χ4v) is 3.64. The number of benzene rings is 1. The van der Waals surface area contributed by atoms with E-state index >= 15 is 0 Å². The summed E-state index contributed by atoms with van der Waals surface area (Å²) in [7, 11) is 0. The number of aryl methyl sites for hydroxylation is 2. The van der Waals surface area contributed by atoms with E-state index < -0.39 is 0 Å². The van der Waals surface area contributed by atoms with Gasteiger partial charge in [0.25, 0.3) is 5.56 Å². The van der Waals surface area contributed by atoms with Crippen molar-refractivity contribution in [1.29, 1.82) is 0 Å². The van der Waals surface area contributed by atoms with Crippen LogP contribution >= 0.6 is 0 Å². The van der Waals surface area contributed by atoms with Crippen LogP contribution in [-0.2, 0) is 25.9 Å². The van der Waals surface area contributed by atoms with Crippen molar-refractivity contribution >= 4 is 0 Å². The predicted molar refractivity (Wildman–Crippen MR) is 95.0 cm³/mol. The molecule has 1 fully saturated rings. The first-order valence-electron chi connectivity index (χ1n) is 8.98. The van der Waals surface area contributed by atoms with Gasteiger partial charge in [-0.05, 0) is 50.2 Å². The summed E-state index contributed by atoms with van der Waals surface area (Å²) in [6.07, 6.45) is 4.28. The van der Waals surface area contributed by atoms with Gasteiger partial charge in [-0.3, -0.25) is 9.69 Å². The molecule has 2 aliphatic rings. The van der Waals surface area contributed by atoms with Crippen molar-refractivity contribution in [3.05, 3.63) is 62.3 Å². The maximum Gasteiger partial charge on any atom is 0.254 e. The molecule has 0 amide bonds. The average Bonchev–Trinajstić information content (AvgIpc) is 3.34. The highest BCUT2D eigenvalue weighted by molar-refractivity contribution is 5.31.